The van der Waals surface area contributed by atoms with Gasteiger partial charge < -0.3 is 20.2 Å². The van der Waals surface area contributed by atoms with Gasteiger partial charge in [0, 0.05) is 38.9 Å². The van der Waals surface area contributed by atoms with Crippen molar-refractivity contribution >= 4 is 17.8 Å². The molecule has 1 aromatic heterocycles. The van der Waals surface area contributed by atoms with E-state index in [1.54, 1.807) is 12.1 Å². The average molecular weight is 409 g/mol. The number of likely N-dealkylation sites (tertiary alicyclic amines) is 1. The Bertz CT molecular complexity index is 877. The van der Waals surface area contributed by atoms with Gasteiger partial charge in [0.2, 0.25) is 0 Å². The van der Waals surface area contributed by atoms with Crippen LogP contribution in [0.1, 0.15) is 35.2 Å². The Labute approximate surface area is 176 Å². The minimum atomic E-state index is -0.959. The number of hydrogen-bond donors (Lipinski definition) is 2. The van der Waals surface area contributed by atoms with Crippen molar-refractivity contribution in [3.8, 4) is 0 Å². The summed E-state index contributed by atoms with van der Waals surface area (Å²) >= 11 is 0. The van der Waals surface area contributed by atoms with Crippen molar-refractivity contribution in [1.29, 1.82) is 0 Å². The van der Waals surface area contributed by atoms with Crippen molar-refractivity contribution in [2.45, 2.75) is 25.7 Å². The van der Waals surface area contributed by atoms with Gasteiger partial charge in [-0.3, -0.25) is 0 Å². The fraction of sp³-hybridized carbons (Fsp3) is 0.435. The van der Waals surface area contributed by atoms with Crippen LogP contribution >= 0.6 is 0 Å². The average Bonchev–Trinajstić information content (AvgIpc) is 3.19. The summed E-state index contributed by atoms with van der Waals surface area (Å²) in [4.78, 5) is 32.0. The van der Waals surface area contributed by atoms with Crippen molar-refractivity contribution in [3.05, 3.63) is 59.8 Å². The zero-order chi connectivity index (χ0) is 21.0. The number of rotatable bonds is 5. The van der Waals surface area contributed by atoms with Gasteiger partial charge in [-0.25, -0.2) is 14.6 Å². The molecule has 7 heteroatoms. The zero-order valence-electron chi connectivity index (χ0n) is 17.1. The molecule has 0 unspecified atom stereocenters. The molecule has 3 heterocycles. The van der Waals surface area contributed by atoms with Gasteiger partial charge in [-0.2, -0.15) is 0 Å². The first-order valence-electron chi connectivity index (χ1n) is 10.6. The number of nitrogens with one attached hydrogen (secondary N) is 1. The molecule has 158 valence electrons. The number of carbonyl (C=O) groups excluding carboxylic acids is 1. The number of pyridine rings is 1. The number of aromatic nitrogens is 1. The Kier molecular flexibility index (Phi) is 5.88. The van der Waals surface area contributed by atoms with E-state index in [1.807, 2.05) is 23.1 Å². The molecule has 0 aliphatic carbocycles. The number of carbonyl (C=O) groups is 2. The van der Waals surface area contributed by atoms with E-state index in [9.17, 15) is 9.59 Å². The summed E-state index contributed by atoms with van der Waals surface area (Å²) < 4.78 is 0. The smallest absolute Gasteiger partial charge is 0.337 e. The van der Waals surface area contributed by atoms with Crippen molar-refractivity contribution in [1.82, 2.24) is 15.2 Å². The van der Waals surface area contributed by atoms with Gasteiger partial charge in [0.25, 0.3) is 0 Å². The number of aromatic carboxylic acids is 1. The number of carboxylic acid groups (broad SMARTS) is 1. The third-order valence-corrected chi connectivity index (χ3v) is 6.40. The van der Waals surface area contributed by atoms with E-state index in [1.165, 1.54) is 11.8 Å². The molecule has 0 bridgehead atoms. The second-order valence-corrected chi connectivity index (χ2v) is 8.34. The van der Waals surface area contributed by atoms with Crippen molar-refractivity contribution in [2.75, 3.05) is 37.6 Å². The third kappa shape index (κ3) is 4.56. The minimum absolute atomic E-state index is 0.0381. The van der Waals surface area contributed by atoms with Crippen LogP contribution in [0.3, 0.4) is 0 Å². The zero-order valence-corrected chi connectivity index (χ0v) is 17.1. The van der Waals surface area contributed by atoms with Crippen LogP contribution in [0.15, 0.2) is 48.7 Å². The molecule has 2 amide bonds. The summed E-state index contributed by atoms with van der Waals surface area (Å²) in [6, 6.07) is 13.6. The van der Waals surface area contributed by atoms with Gasteiger partial charge in [-0.15, -0.1) is 0 Å². The number of amides is 2. The largest absolute Gasteiger partial charge is 0.478 e. The number of nitrogens with zero attached hydrogens (tertiary/aromatic N) is 3. The topological polar surface area (TPSA) is 85.8 Å². The van der Waals surface area contributed by atoms with Crippen molar-refractivity contribution in [3.63, 3.8) is 0 Å². The highest BCUT2D eigenvalue weighted by atomic mass is 16.4. The maximum absolute atomic E-state index is 12.6. The quantitative estimate of drug-likeness (QED) is 0.794. The normalized spacial score (nSPS) is 17.9. The van der Waals surface area contributed by atoms with Crippen LogP contribution in [0.4, 0.5) is 10.6 Å². The SMILES string of the molecule is O=C(O)c1ccc(N2CCC3(CCN(C(=O)NCCc4ccccc4)C3)CC2)nc1. The predicted octanol–water partition coefficient (Wildman–Crippen LogP) is 3.02. The molecule has 4 rings (SSSR count). The summed E-state index contributed by atoms with van der Waals surface area (Å²) in [7, 11) is 0. The molecule has 2 aliphatic heterocycles. The lowest BCUT2D eigenvalue weighted by Gasteiger charge is -2.39. The number of urea groups is 1. The standard InChI is InChI=1S/C23H28N4O3/c28-21(29)19-6-7-20(25-16-19)26-13-9-23(10-14-26)11-15-27(17-23)22(30)24-12-8-18-4-2-1-3-5-18/h1-7,16H,8-15,17H2,(H,24,30)(H,28,29). The van der Waals surface area contributed by atoms with Crippen LogP contribution in [0, 0.1) is 5.41 Å². The van der Waals surface area contributed by atoms with Gasteiger partial charge in [-0.05, 0) is 48.8 Å². The van der Waals surface area contributed by atoms with Gasteiger partial charge in [0.05, 0.1) is 5.56 Å². The maximum Gasteiger partial charge on any atom is 0.337 e. The molecule has 1 aromatic carbocycles. The van der Waals surface area contributed by atoms with Crippen LogP contribution in [-0.4, -0.2) is 59.7 Å². The molecule has 2 aromatic rings. The number of piperidine rings is 1. The van der Waals surface area contributed by atoms with E-state index < -0.39 is 5.97 Å². The number of anilines is 1. The van der Waals surface area contributed by atoms with Crippen LogP contribution < -0.4 is 10.2 Å². The molecule has 2 saturated heterocycles. The molecule has 2 N–H and O–H groups in total. The molecule has 0 radical (unpaired) electrons. The first-order valence-corrected chi connectivity index (χ1v) is 10.6. The van der Waals surface area contributed by atoms with E-state index in [-0.39, 0.29) is 17.0 Å². The summed E-state index contributed by atoms with van der Waals surface area (Å²) in [5.41, 5.74) is 1.62. The van der Waals surface area contributed by atoms with Crippen LogP contribution in [0.25, 0.3) is 0 Å². The molecular formula is C23H28N4O3. The third-order valence-electron chi connectivity index (χ3n) is 6.40. The van der Waals surface area contributed by atoms with E-state index >= 15 is 0 Å². The molecule has 30 heavy (non-hydrogen) atoms. The summed E-state index contributed by atoms with van der Waals surface area (Å²) in [6.07, 6.45) is 5.33. The summed E-state index contributed by atoms with van der Waals surface area (Å²) in [6.45, 7) is 4.02. The number of hydrogen-bond acceptors (Lipinski definition) is 4. The van der Waals surface area contributed by atoms with Crippen LogP contribution in [0.2, 0.25) is 0 Å². The lowest BCUT2D eigenvalue weighted by atomic mass is 9.78. The molecule has 2 fully saturated rings. The highest BCUT2D eigenvalue weighted by Crippen LogP contribution is 2.41. The first kappa shape index (κ1) is 20.2. The Morgan fingerprint density at radius 3 is 2.43 bits per heavy atom. The van der Waals surface area contributed by atoms with Crippen molar-refractivity contribution < 1.29 is 14.7 Å². The molecule has 0 saturated carbocycles. The van der Waals surface area contributed by atoms with E-state index in [0.717, 1.165) is 57.7 Å². The molecule has 0 atom stereocenters. The Morgan fingerprint density at radius 1 is 1.03 bits per heavy atom. The van der Waals surface area contributed by atoms with Gasteiger partial charge in [0.1, 0.15) is 5.82 Å². The lowest BCUT2D eigenvalue weighted by Crippen LogP contribution is -2.44. The lowest BCUT2D eigenvalue weighted by molar-refractivity contribution is 0.0696. The molecular weight excluding hydrogens is 380 g/mol. The Hall–Kier alpha value is -3.09. The van der Waals surface area contributed by atoms with Crippen LogP contribution in [-0.2, 0) is 6.42 Å². The molecule has 1 spiro atoms. The fourth-order valence-electron chi connectivity index (χ4n) is 4.50. The first-order chi connectivity index (χ1) is 14.5. The van der Waals surface area contributed by atoms with Gasteiger partial charge >= 0.3 is 12.0 Å². The second-order valence-electron chi connectivity index (χ2n) is 8.34. The highest BCUT2D eigenvalue weighted by molar-refractivity contribution is 5.87. The summed E-state index contributed by atoms with van der Waals surface area (Å²) in [5, 5.41) is 12.1. The second kappa shape index (κ2) is 8.73. The Balaban J connectivity index is 1.25. The molecule has 2 aliphatic rings. The highest BCUT2D eigenvalue weighted by Gasteiger charge is 2.42. The van der Waals surface area contributed by atoms with Gasteiger partial charge in [0.15, 0.2) is 0 Å². The van der Waals surface area contributed by atoms with E-state index in [4.69, 9.17) is 5.11 Å². The monoisotopic (exact) mass is 408 g/mol. The van der Waals surface area contributed by atoms with Crippen LogP contribution in [0.5, 0.6) is 0 Å². The maximum atomic E-state index is 12.6. The summed E-state index contributed by atoms with van der Waals surface area (Å²) in [5.74, 6) is -0.136. The van der Waals surface area contributed by atoms with E-state index in [2.05, 4.69) is 27.3 Å². The van der Waals surface area contributed by atoms with Crippen molar-refractivity contribution in [2.24, 2.45) is 5.41 Å². The number of benzene rings is 1. The Morgan fingerprint density at radius 2 is 1.77 bits per heavy atom. The molecule has 7 nitrogen and oxygen atoms in total. The van der Waals surface area contributed by atoms with Gasteiger partial charge in [-0.1, -0.05) is 30.3 Å². The predicted molar refractivity (Wildman–Crippen MR) is 115 cm³/mol. The number of carboxylic acids is 1. The minimum Gasteiger partial charge on any atom is -0.478 e. The van der Waals surface area contributed by atoms with E-state index in [0.29, 0.717) is 6.54 Å². The fourth-order valence-corrected chi connectivity index (χ4v) is 4.50.